The van der Waals surface area contributed by atoms with E-state index in [0.29, 0.717) is 0 Å². The van der Waals surface area contributed by atoms with Gasteiger partial charge in [0.2, 0.25) is 0 Å². The molecule has 2 heteroatoms. The SMILES string of the molecule is C=C/C(C)=C1\NCCCO1. The van der Waals surface area contributed by atoms with E-state index in [1.807, 2.05) is 6.92 Å². The molecular formula is C8H13NO. The van der Waals surface area contributed by atoms with Gasteiger partial charge in [-0.15, -0.1) is 0 Å². The van der Waals surface area contributed by atoms with Crippen molar-refractivity contribution in [3.63, 3.8) is 0 Å². The van der Waals surface area contributed by atoms with E-state index in [0.717, 1.165) is 31.0 Å². The molecule has 0 aromatic carbocycles. The average molecular weight is 139 g/mol. The van der Waals surface area contributed by atoms with Crippen LogP contribution in [0.4, 0.5) is 0 Å². The normalized spacial score (nSPS) is 22.5. The Hall–Kier alpha value is -0.920. The minimum absolute atomic E-state index is 0.827. The third-order valence-electron chi connectivity index (χ3n) is 1.52. The van der Waals surface area contributed by atoms with Crippen molar-refractivity contribution < 1.29 is 4.74 Å². The second-order valence-corrected chi connectivity index (χ2v) is 2.35. The van der Waals surface area contributed by atoms with Gasteiger partial charge in [-0.2, -0.15) is 0 Å². The Labute approximate surface area is 61.6 Å². The van der Waals surface area contributed by atoms with E-state index in [9.17, 15) is 0 Å². The molecule has 0 radical (unpaired) electrons. The summed E-state index contributed by atoms with van der Waals surface area (Å²) in [6, 6.07) is 0. The molecule has 1 fully saturated rings. The molecule has 2 nitrogen and oxygen atoms in total. The molecule has 1 heterocycles. The van der Waals surface area contributed by atoms with Crippen LogP contribution in [0.2, 0.25) is 0 Å². The van der Waals surface area contributed by atoms with Gasteiger partial charge in [0.25, 0.3) is 0 Å². The summed E-state index contributed by atoms with van der Waals surface area (Å²) in [5.41, 5.74) is 1.08. The minimum atomic E-state index is 0.827. The Balaban J connectivity index is 2.59. The molecule has 1 aliphatic heterocycles. The smallest absolute Gasteiger partial charge is 0.189 e. The molecular weight excluding hydrogens is 126 g/mol. The monoisotopic (exact) mass is 139 g/mol. The molecule has 0 saturated carbocycles. The maximum absolute atomic E-state index is 5.33. The second kappa shape index (κ2) is 3.30. The molecule has 1 saturated heterocycles. The summed E-state index contributed by atoms with van der Waals surface area (Å²) < 4.78 is 5.33. The van der Waals surface area contributed by atoms with E-state index in [1.54, 1.807) is 6.08 Å². The highest BCUT2D eigenvalue weighted by atomic mass is 16.5. The van der Waals surface area contributed by atoms with Crippen LogP contribution in [-0.4, -0.2) is 13.2 Å². The first kappa shape index (κ1) is 7.19. The molecule has 10 heavy (non-hydrogen) atoms. The highest BCUT2D eigenvalue weighted by Gasteiger charge is 2.05. The Kier molecular flexibility index (Phi) is 2.37. The Morgan fingerprint density at radius 3 is 3.10 bits per heavy atom. The van der Waals surface area contributed by atoms with E-state index in [1.165, 1.54) is 0 Å². The first-order chi connectivity index (χ1) is 4.84. The lowest BCUT2D eigenvalue weighted by atomic mass is 10.3. The van der Waals surface area contributed by atoms with Crippen molar-refractivity contribution in [1.29, 1.82) is 0 Å². The lowest BCUT2D eigenvalue weighted by Gasteiger charge is -2.19. The Morgan fingerprint density at radius 2 is 2.60 bits per heavy atom. The van der Waals surface area contributed by atoms with Gasteiger partial charge in [-0.3, -0.25) is 0 Å². The average Bonchev–Trinajstić information content (AvgIpc) is 2.05. The maximum atomic E-state index is 5.33. The standard InChI is InChI=1S/C8H13NO/c1-3-7(2)8-9-5-4-6-10-8/h3,9H,1,4-6H2,2H3/b8-7+. The van der Waals surface area contributed by atoms with E-state index in [-0.39, 0.29) is 0 Å². The van der Waals surface area contributed by atoms with Crippen LogP contribution < -0.4 is 5.32 Å². The van der Waals surface area contributed by atoms with Gasteiger partial charge in [0, 0.05) is 12.1 Å². The van der Waals surface area contributed by atoms with Gasteiger partial charge < -0.3 is 10.1 Å². The third kappa shape index (κ3) is 1.53. The van der Waals surface area contributed by atoms with Gasteiger partial charge >= 0.3 is 0 Å². The lowest BCUT2D eigenvalue weighted by molar-refractivity contribution is 0.155. The highest BCUT2D eigenvalue weighted by Crippen LogP contribution is 2.07. The van der Waals surface area contributed by atoms with Crippen LogP contribution in [0.15, 0.2) is 24.1 Å². The zero-order valence-electron chi connectivity index (χ0n) is 6.31. The quantitative estimate of drug-likeness (QED) is 0.593. The van der Waals surface area contributed by atoms with Crippen LogP contribution in [0, 0.1) is 0 Å². The predicted molar refractivity (Wildman–Crippen MR) is 41.5 cm³/mol. The summed E-state index contributed by atoms with van der Waals surface area (Å²) >= 11 is 0. The van der Waals surface area contributed by atoms with Crippen molar-refractivity contribution in [2.45, 2.75) is 13.3 Å². The molecule has 0 spiro atoms. The number of hydrogen-bond donors (Lipinski definition) is 1. The molecule has 1 rings (SSSR count). The molecule has 0 atom stereocenters. The van der Waals surface area contributed by atoms with Gasteiger partial charge in [-0.1, -0.05) is 12.7 Å². The first-order valence-electron chi connectivity index (χ1n) is 3.54. The van der Waals surface area contributed by atoms with Crippen molar-refractivity contribution in [1.82, 2.24) is 5.32 Å². The van der Waals surface area contributed by atoms with E-state index in [4.69, 9.17) is 4.74 Å². The van der Waals surface area contributed by atoms with Crippen molar-refractivity contribution in [2.75, 3.05) is 13.2 Å². The van der Waals surface area contributed by atoms with Crippen LogP contribution >= 0.6 is 0 Å². The van der Waals surface area contributed by atoms with Crippen LogP contribution in [0.1, 0.15) is 13.3 Å². The van der Waals surface area contributed by atoms with Gasteiger partial charge in [-0.05, 0) is 13.3 Å². The largest absolute Gasteiger partial charge is 0.479 e. The summed E-state index contributed by atoms with van der Waals surface area (Å²) in [6.45, 7) is 7.49. The summed E-state index contributed by atoms with van der Waals surface area (Å²) in [7, 11) is 0. The fourth-order valence-corrected chi connectivity index (χ4v) is 0.845. The van der Waals surface area contributed by atoms with E-state index in [2.05, 4.69) is 11.9 Å². The van der Waals surface area contributed by atoms with E-state index >= 15 is 0 Å². The van der Waals surface area contributed by atoms with Gasteiger partial charge in [0.05, 0.1) is 6.61 Å². The fraction of sp³-hybridized carbons (Fsp3) is 0.500. The van der Waals surface area contributed by atoms with Gasteiger partial charge in [0.15, 0.2) is 5.88 Å². The Morgan fingerprint density at radius 1 is 1.80 bits per heavy atom. The number of hydrogen-bond acceptors (Lipinski definition) is 2. The van der Waals surface area contributed by atoms with Crippen molar-refractivity contribution >= 4 is 0 Å². The number of rotatable bonds is 1. The van der Waals surface area contributed by atoms with Gasteiger partial charge in [-0.25, -0.2) is 0 Å². The van der Waals surface area contributed by atoms with Crippen LogP contribution in [0.25, 0.3) is 0 Å². The molecule has 0 bridgehead atoms. The molecule has 0 aliphatic carbocycles. The van der Waals surface area contributed by atoms with Gasteiger partial charge in [0.1, 0.15) is 0 Å². The summed E-state index contributed by atoms with van der Waals surface area (Å²) in [5.74, 6) is 0.890. The molecule has 0 aromatic heterocycles. The maximum Gasteiger partial charge on any atom is 0.189 e. The second-order valence-electron chi connectivity index (χ2n) is 2.35. The first-order valence-corrected chi connectivity index (χ1v) is 3.54. The van der Waals surface area contributed by atoms with Crippen molar-refractivity contribution in [3.8, 4) is 0 Å². The zero-order chi connectivity index (χ0) is 7.40. The Bertz CT molecular complexity index is 153. The number of ether oxygens (including phenoxy) is 1. The molecule has 0 aromatic rings. The summed E-state index contributed by atoms with van der Waals surface area (Å²) in [6.07, 6.45) is 2.89. The number of allylic oxidation sites excluding steroid dienone is 2. The molecule has 1 N–H and O–H groups in total. The van der Waals surface area contributed by atoms with Crippen LogP contribution in [0.5, 0.6) is 0 Å². The molecule has 0 unspecified atom stereocenters. The lowest BCUT2D eigenvalue weighted by Crippen LogP contribution is -2.25. The minimum Gasteiger partial charge on any atom is -0.479 e. The molecule has 0 amide bonds. The van der Waals surface area contributed by atoms with E-state index < -0.39 is 0 Å². The number of nitrogens with one attached hydrogen (secondary N) is 1. The highest BCUT2D eigenvalue weighted by molar-refractivity contribution is 5.17. The molecule has 56 valence electrons. The predicted octanol–water partition coefficient (Wildman–Crippen LogP) is 1.41. The third-order valence-corrected chi connectivity index (χ3v) is 1.52. The topological polar surface area (TPSA) is 21.3 Å². The summed E-state index contributed by atoms with van der Waals surface area (Å²) in [5, 5.41) is 3.16. The zero-order valence-corrected chi connectivity index (χ0v) is 6.31. The fourth-order valence-electron chi connectivity index (χ4n) is 0.845. The van der Waals surface area contributed by atoms with Crippen molar-refractivity contribution in [2.24, 2.45) is 0 Å². The molecule has 1 aliphatic rings. The van der Waals surface area contributed by atoms with Crippen molar-refractivity contribution in [3.05, 3.63) is 24.1 Å². The summed E-state index contributed by atoms with van der Waals surface area (Å²) in [4.78, 5) is 0. The van der Waals surface area contributed by atoms with Crippen LogP contribution in [-0.2, 0) is 4.74 Å². The van der Waals surface area contributed by atoms with Crippen LogP contribution in [0.3, 0.4) is 0 Å².